The van der Waals surface area contributed by atoms with E-state index in [4.69, 9.17) is 27.9 Å². The Hall–Kier alpha value is -2.04. The highest BCUT2D eigenvalue weighted by atomic mass is 35.5. The number of rotatable bonds is 4. The van der Waals surface area contributed by atoms with Crippen molar-refractivity contribution in [2.24, 2.45) is 0 Å². The van der Waals surface area contributed by atoms with Crippen LogP contribution in [-0.4, -0.2) is 18.0 Å². The second-order valence-corrected chi connectivity index (χ2v) is 5.85. The number of esters is 1. The zero-order valence-electron chi connectivity index (χ0n) is 12.6. The van der Waals surface area contributed by atoms with Crippen LogP contribution in [-0.2, 0) is 9.53 Å². The molecule has 0 spiro atoms. The number of benzene rings is 2. The molecule has 2 aromatic carbocycles. The predicted octanol–water partition coefficient (Wildman–Crippen LogP) is 4.49. The van der Waals surface area contributed by atoms with Crippen molar-refractivity contribution < 1.29 is 14.3 Å². The van der Waals surface area contributed by atoms with Gasteiger partial charge < -0.3 is 10.1 Å². The van der Waals surface area contributed by atoms with Crippen LogP contribution >= 0.6 is 23.2 Å². The lowest BCUT2D eigenvalue weighted by Gasteiger charge is -2.14. The highest BCUT2D eigenvalue weighted by molar-refractivity contribution is 6.42. The summed E-state index contributed by atoms with van der Waals surface area (Å²) >= 11 is 11.7. The number of anilines is 1. The van der Waals surface area contributed by atoms with Crippen molar-refractivity contribution >= 4 is 40.8 Å². The van der Waals surface area contributed by atoms with Gasteiger partial charge in [-0.3, -0.25) is 4.79 Å². The first-order valence-electron chi connectivity index (χ1n) is 6.90. The average molecular weight is 352 g/mol. The van der Waals surface area contributed by atoms with Crippen LogP contribution in [0.4, 0.5) is 5.69 Å². The third-order valence-electron chi connectivity index (χ3n) is 3.13. The summed E-state index contributed by atoms with van der Waals surface area (Å²) in [5, 5.41) is 3.27. The molecule has 0 radical (unpaired) electrons. The van der Waals surface area contributed by atoms with E-state index >= 15 is 0 Å². The molecule has 0 aliphatic heterocycles. The third kappa shape index (κ3) is 4.71. The predicted molar refractivity (Wildman–Crippen MR) is 91.1 cm³/mol. The molecule has 4 nitrogen and oxygen atoms in total. The SMILES string of the molecule is Cc1ccc(NC(=O)[C@H](C)OC(=O)c2ccc(Cl)c(Cl)c2)cc1. The second kappa shape index (κ2) is 7.49. The number of nitrogens with one attached hydrogen (secondary N) is 1. The molecule has 1 amide bonds. The molecule has 1 N–H and O–H groups in total. The zero-order valence-corrected chi connectivity index (χ0v) is 14.1. The molecule has 0 saturated heterocycles. The van der Waals surface area contributed by atoms with Gasteiger partial charge in [0, 0.05) is 5.69 Å². The van der Waals surface area contributed by atoms with E-state index in [0.29, 0.717) is 10.7 Å². The molecule has 0 aromatic heterocycles. The fraction of sp³-hybridized carbons (Fsp3) is 0.176. The monoisotopic (exact) mass is 351 g/mol. The molecule has 23 heavy (non-hydrogen) atoms. The van der Waals surface area contributed by atoms with Gasteiger partial charge in [0.25, 0.3) is 5.91 Å². The van der Waals surface area contributed by atoms with E-state index in [9.17, 15) is 9.59 Å². The van der Waals surface area contributed by atoms with Crippen LogP contribution in [0.25, 0.3) is 0 Å². The van der Waals surface area contributed by atoms with Crippen LogP contribution < -0.4 is 5.32 Å². The Morgan fingerprint density at radius 1 is 1.04 bits per heavy atom. The summed E-state index contributed by atoms with van der Waals surface area (Å²) in [5.41, 5.74) is 1.95. The first-order valence-corrected chi connectivity index (χ1v) is 7.66. The molecule has 1 atom stereocenters. The normalized spacial score (nSPS) is 11.7. The van der Waals surface area contributed by atoms with Crippen molar-refractivity contribution in [1.82, 2.24) is 0 Å². The minimum atomic E-state index is -0.946. The number of carbonyl (C=O) groups is 2. The average Bonchev–Trinajstić information content (AvgIpc) is 2.52. The van der Waals surface area contributed by atoms with E-state index in [1.54, 1.807) is 12.1 Å². The summed E-state index contributed by atoms with van der Waals surface area (Å²) in [4.78, 5) is 24.1. The highest BCUT2D eigenvalue weighted by Crippen LogP contribution is 2.23. The second-order valence-electron chi connectivity index (χ2n) is 5.03. The molecule has 2 aromatic rings. The van der Waals surface area contributed by atoms with E-state index in [1.165, 1.54) is 25.1 Å². The molecule has 6 heteroatoms. The Morgan fingerprint density at radius 2 is 1.70 bits per heavy atom. The molecule has 0 aliphatic rings. The van der Waals surface area contributed by atoms with Crippen molar-refractivity contribution in [1.29, 1.82) is 0 Å². The van der Waals surface area contributed by atoms with Crippen LogP contribution in [0.15, 0.2) is 42.5 Å². The Labute approximate surface area is 144 Å². The van der Waals surface area contributed by atoms with Crippen LogP contribution in [0.1, 0.15) is 22.8 Å². The van der Waals surface area contributed by atoms with Gasteiger partial charge in [0.15, 0.2) is 6.10 Å². The van der Waals surface area contributed by atoms with E-state index in [1.807, 2.05) is 19.1 Å². The molecule has 0 aliphatic carbocycles. The highest BCUT2D eigenvalue weighted by Gasteiger charge is 2.19. The molecule has 120 valence electrons. The molecular weight excluding hydrogens is 337 g/mol. The number of amides is 1. The number of carbonyl (C=O) groups excluding carboxylic acids is 2. The van der Waals surface area contributed by atoms with Gasteiger partial charge in [-0.25, -0.2) is 4.79 Å². The van der Waals surface area contributed by atoms with Gasteiger partial charge >= 0.3 is 5.97 Å². The first kappa shape index (κ1) is 17.3. The maximum absolute atomic E-state index is 12.0. The molecule has 0 unspecified atom stereocenters. The van der Waals surface area contributed by atoms with Gasteiger partial charge in [0.1, 0.15) is 0 Å². The summed E-state index contributed by atoms with van der Waals surface area (Å²) < 4.78 is 5.14. The standard InChI is InChI=1S/C17H15Cl2NO3/c1-10-3-6-13(7-4-10)20-16(21)11(2)23-17(22)12-5-8-14(18)15(19)9-12/h3-9,11H,1-2H3,(H,20,21)/t11-/m0/s1. The van der Waals surface area contributed by atoms with Crippen molar-refractivity contribution in [3.05, 3.63) is 63.6 Å². The Bertz CT molecular complexity index is 729. The molecule has 2 rings (SSSR count). The van der Waals surface area contributed by atoms with Gasteiger partial charge in [-0.1, -0.05) is 40.9 Å². The molecule has 0 bridgehead atoms. The molecule has 0 saturated carbocycles. The van der Waals surface area contributed by atoms with Gasteiger partial charge in [-0.05, 0) is 44.2 Å². The van der Waals surface area contributed by atoms with Crippen LogP contribution in [0.2, 0.25) is 10.0 Å². The molecule has 0 heterocycles. The largest absolute Gasteiger partial charge is 0.449 e. The lowest BCUT2D eigenvalue weighted by Crippen LogP contribution is -2.30. The number of ether oxygens (including phenoxy) is 1. The van der Waals surface area contributed by atoms with Gasteiger partial charge in [0.05, 0.1) is 15.6 Å². The van der Waals surface area contributed by atoms with Crippen molar-refractivity contribution in [2.45, 2.75) is 20.0 Å². The van der Waals surface area contributed by atoms with Crippen LogP contribution in [0.5, 0.6) is 0 Å². The fourth-order valence-electron chi connectivity index (χ4n) is 1.79. The van der Waals surface area contributed by atoms with Crippen molar-refractivity contribution in [3.63, 3.8) is 0 Å². The maximum Gasteiger partial charge on any atom is 0.338 e. The van der Waals surface area contributed by atoms with Crippen LogP contribution in [0.3, 0.4) is 0 Å². The van der Waals surface area contributed by atoms with E-state index in [-0.39, 0.29) is 10.6 Å². The van der Waals surface area contributed by atoms with Gasteiger partial charge in [-0.15, -0.1) is 0 Å². The van der Waals surface area contributed by atoms with Crippen molar-refractivity contribution in [3.8, 4) is 0 Å². The summed E-state index contributed by atoms with van der Waals surface area (Å²) in [6.07, 6.45) is -0.946. The fourth-order valence-corrected chi connectivity index (χ4v) is 2.08. The van der Waals surface area contributed by atoms with Gasteiger partial charge in [-0.2, -0.15) is 0 Å². The topological polar surface area (TPSA) is 55.4 Å². The maximum atomic E-state index is 12.0. The summed E-state index contributed by atoms with van der Waals surface area (Å²) in [6, 6.07) is 11.7. The molecular formula is C17H15Cl2NO3. The Balaban J connectivity index is 1.98. The summed E-state index contributed by atoms with van der Waals surface area (Å²) in [7, 11) is 0. The number of hydrogen-bond acceptors (Lipinski definition) is 3. The smallest absolute Gasteiger partial charge is 0.338 e. The minimum absolute atomic E-state index is 0.231. The molecule has 0 fully saturated rings. The zero-order chi connectivity index (χ0) is 17.0. The minimum Gasteiger partial charge on any atom is -0.449 e. The van der Waals surface area contributed by atoms with E-state index in [2.05, 4.69) is 5.32 Å². The van der Waals surface area contributed by atoms with E-state index < -0.39 is 18.0 Å². The number of halogens is 2. The summed E-state index contributed by atoms with van der Waals surface area (Å²) in [5.74, 6) is -1.06. The Morgan fingerprint density at radius 3 is 2.30 bits per heavy atom. The van der Waals surface area contributed by atoms with Gasteiger partial charge in [0.2, 0.25) is 0 Å². The third-order valence-corrected chi connectivity index (χ3v) is 3.87. The number of hydrogen-bond donors (Lipinski definition) is 1. The van der Waals surface area contributed by atoms with Crippen molar-refractivity contribution in [2.75, 3.05) is 5.32 Å². The number of aryl methyl sites for hydroxylation is 1. The van der Waals surface area contributed by atoms with E-state index in [0.717, 1.165) is 5.56 Å². The lowest BCUT2D eigenvalue weighted by molar-refractivity contribution is -0.123. The Kier molecular flexibility index (Phi) is 5.64. The lowest BCUT2D eigenvalue weighted by atomic mass is 10.2. The first-order chi connectivity index (χ1) is 10.9. The van der Waals surface area contributed by atoms with Crippen LogP contribution in [0, 0.1) is 6.92 Å². The summed E-state index contributed by atoms with van der Waals surface area (Å²) in [6.45, 7) is 3.45. The quantitative estimate of drug-likeness (QED) is 0.825.